The molecule has 4 nitrogen and oxygen atoms in total. The van der Waals surface area contributed by atoms with Crippen LogP contribution in [0.1, 0.15) is 28.4 Å². The van der Waals surface area contributed by atoms with Gasteiger partial charge in [0.25, 0.3) is 0 Å². The number of aromatic nitrogens is 2. The van der Waals surface area contributed by atoms with E-state index in [9.17, 15) is 8.78 Å². The fourth-order valence-corrected chi connectivity index (χ4v) is 4.11. The molecule has 1 aliphatic rings. The Morgan fingerprint density at radius 2 is 1.79 bits per heavy atom. The zero-order chi connectivity index (χ0) is 19.8. The van der Waals surface area contributed by atoms with Gasteiger partial charge >= 0.3 is 0 Å². The molecule has 0 amide bonds. The van der Waals surface area contributed by atoms with Crippen molar-refractivity contribution >= 4 is 12.4 Å². The largest absolute Gasteiger partial charge is 0.326 e. The summed E-state index contributed by atoms with van der Waals surface area (Å²) >= 11 is 0. The minimum atomic E-state index is -0.621. The number of aryl methyl sites for hydroxylation is 1. The molecule has 2 heterocycles. The molecule has 0 radical (unpaired) electrons. The van der Waals surface area contributed by atoms with Gasteiger partial charge in [0.1, 0.15) is 11.5 Å². The molecule has 1 aliphatic heterocycles. The smallest absolute Gasteiger partial charge is 0.151 e. The van der Waals surface area contributed by atoms with Gasteiger partial charge in [-0.3, -0.25) is 4.90 Å². The van der Waals surface area contributed by atoms with Gasteiger partial charge in [-0.1, -0.05) is 30.3 Å². The third kappa shape index (κ3) is 4.20. The summed E-state index contributed by atoms with van der Waals surface area (Å²) in [5.41, 5.74) is 10.7. The highest BCUT2D eigenvalue weighted by atomic mass is 35.5. The Kier molecular flexibility index (Phi) is 6.36. The number of nitrogens with zero attached hydrogens (tertiary/aromatic N) is 3. The summed E-state index contributed by atoms with van der Waals surface area (Å²) in [4.78, 5) is 2.32. The van der Waals surface area contributed by atoms with Crippen molar-refractivity contribution in [2.45, 2.75) is 32.4 Å². The first kappa shape index (κ1) is 21.4. The van der Waals surface area contributed by atoms with Crippen LogP contribution in [0.4, 0.5) is 8.78 Å². The van der Waals surface area contributed by atoms with Crippen LogP contribution >= 0.6 is 12.4 Å². The van der Waals surface area contributed by atoms with Gasteiger partial charge in [-0.2, -0.15) is 5.10 Å². The van der Waals surface area contributed by atoms with Gasteiger partial charge < -0.3 is 5.73 Å². The van der Waals surface area contributed by atoms with Crippen molar-refractivity contribution in [2.24, 2.45) is 5.73 Å². The molecule has 1 saturated heterocycles. The molecule has 1 fully saturated rings. The summed E-state index contributed by atoms with van der Waals surface area (Å²) in [5.74, 6) is -0.920. The molecule has 0 unspecified atom stereocenters. The van der Waals surface area contributed by atoms with Crippen LogP contribution in [0.25, 0.3) is 5.69 Å². The maximum atomic E-state index is 14.2. The van der Waals surface area contributed by atoms with E-state index in [1.54, 1.807) is 4.68 Å². The Hall–Kier alpha value is -2.28. The van der Waals surface area contributed by atoms with Crippen molar-refractivity contribution in [3.63, 3.8) is 0 Å². The van der Waals surface area contributed by atoms with Crippen LogP contribution in [-0.4, -0.2) is 33.8 Å². The maximum Gasteiger partial charge on any atom is 0.151 e. The van der Waals surface area contributed by atoms with Gasteiger partial charge in [0.2, 0.25) is 0 Å². The first-order valence-electron chi connectivity index (χ1n) is 9.47. The van der Waals surface area contributed by atoms with Crippen molar-refractivity contribution in [2.75, 3.05) is 13.1 Å². The average molecular weight is 419 g/mol. The molecule has 0 saturated carbocycles. The predicted octanol–water partition coefficient (Wildman–Crippen LogP) is 4.12. The van der Waals surface area contributed by atoms with Gasteiger partial charge in [0.15, 0.2) is 5.82 Å². The molecular weight excluding hydrogens is 394 g/mol. The first-order valence-corrected chi connectivity index (χ1v) is 9.47. The van der Waals surface area contributed by atoms with E-state index in [4.69, 9.17) is 5.73 Å². The number of halogens is 3. The number of rotatable bonds is 4. The number of hydrogen-bond donors (Lipinski definition) is 1. The van der Waals surface area contributed by atoms with Crippen molar-refractivity contribution in [1.82, 2.24) is 14.7 Å². The molecule has 29 heavy (non-hydrogen) atoms. The average Bonchev–Trinajstić information content (AvgIpc) is 3.17. The second-order valence-electron chi connectivity index (χ2n) is 7.53. The normalized spacial score (nSPS) is 19.3. The zero-order valence-corrected chi connectivity index (χ0v) is 17.3. The van der Waals surface area contributed by atoms with Crippen LogP contribution in [0.3, 0.4) is 0 Å². The fourth-order valence-electron chi connectivity index (χ4n) is 4.11. The third-order valence-corrected chi connectivity index (χ3v) is 5.63. The Morgan fingerprint density at radius 3 is 2.48 bits per heavy atom. The highest BCUT2D eigenvalue weighted by molar-refractivity contribution is 5.85. The topological polar surface area (TPSA) is 47.1 Å². The summed E-state index contributed by atoms with van der Waals surface area (Å²) in [5, 5.41) is 4.51. The van der Waals surface area contributed by atoms with Crippen molar-refractivity contribution < 1.29 is 8.78 Å². The number of hydrogen-bond acceptors (Lipinski definition) is 3. The van der Waals surface area contributed by atoms with E-state index < -0.39 is 11.6 Å². The lowest BCUT2D eigenvalue weighted by Crippen LogP contribution is -2.28. The second-order valence-corrected chi connectivity index (χ2v) is 7.53. The first-order chi connectivity index (χ1) is 13.4. The van der Waals surface area contributed by atoms with Gasteiger partial charge in [-0.15, -0.1) is 12.4 Å². The van der Waals surface area contributed by atoms with Crippen LogP contribution in [0.15, 0.2) is 48.5 Å². The lowest BCUT2D eigenvalue weighted by molar-refractivity contribution is 0.322. The van der Waals surface area contributed by atoms with Gasteiger partial charge in [0, 0.05) is 48.9 Å². The fraction of sp³-hybridized carbons (Fsp3) is 0.318. The minimum absolute atomic E-state index is 0. The molecule has 1 aromatic heterocycles. The standard InChI is InChI=1S/C22H24F2N4.ClH/c1-14-18(15(2)28(26-14)22-9-8-17(23)10-20(22)24)11-27-12-19(21(25)13-27)16-6-4-3-5-7-16;/h3-10,19,21H,11-13,25H2,1-2H3;1H/t19-,21+;/m0./s1. The predicted molar refractivity (Wildman–Crippen MR) is 113 cm³/mol. The molecule has 2 aromatic carbocycles. The molecule has 7 heteroatoms. The number of benzene rings is 2. The van der Waals surface area contributed by atoms with E-state index in [0.717, 1.165) is 36.1 Å². The molecular formula is C22H25ClF2N4. The SMILES string of the molecule is Cc1nn(-c2ccc(F)cc2F)c(C)c1CN1C[C@@H](N)[C@H](c2ccccc2)C1.Cl. The number of likely N-dealkylation sites (tertiary alicyclic amines) is 1. The molecule has 2 atom stereocenters. The second kappa shape index (κ2) is 8.61. The Balaban J connectivity index is 0.00000240. The van der Waals surface area contributed by atoms with Gasteiger partial charge in [-0.05, 0) is 31.5 Å². The van der Waals surface area contributed by atoms with E-state index in [0.29, 0.717) is 12.5 Å². The molecule has 4 rings (SSSR count). The van der Waals surface area contributed by atoms with Gasteiger partial charge in [-0.25, -0.2) is 13.5 Å². The lowest BCUT2D eigenvalue weighted by atomic mass is 9.95. The Morgan fingerprint density at radius 1 is 1.07 bits per heavy atom. The van der Waals surface area contributed by atoms with Crippen molar-refractivity contribution in [3.05, 3.63) is 82.7 Å². The minimum Gasteiger partial charge on any atom is -0.326 e. The Labute approximate surface area is 175 Å². The van der Waals surface area contributed by atoms with Crippen LogP contribution in [0.2, 0.25) is 0 Å². The molecule has 0 aliphatic carbocycles. The van der Waals surface area contributed by atoms with Gasteiger partial charge in [0.05, 0.1) is 5.69 Å². The summed E-state index contributed by atoms with van der Waals surface area (Å²) in [6.07, 6.45) is 0. The summed E-state index contributed by atoms with van der Waals surface area (Å²) in [6, 6.07) is 14.0. The molecule has 0 spiro atoms. The van der Waals surface area contributed by atoms with E-state index in [2.05, 4.69) is 22.1 Å². The van der Waals surface area contributed by atoms with Crippen LogP contribution in [0, 0.1) is 25.5 Å². The van der Waals surface area contributed by atoms with Crippen molar-refractivity contribution in [1.29, 1.82) is 0 Å². The van der Waals surface area contributed by atoms with E-state index in [-0.39, 0.29) is 24.1 Å². The van der Waals surface area contributed by atoms with Crippen LogP contribution in [0.5, 0.6) is 0 Å². The highest BCUT2D eigenvalue weighted by Crippen LogP contribution is 2.29. The number of nitrogens with two attached hydrogens (primary N) is 1. The maximum absolute atomic E-state index is 14.2. The molecule has 3 aromatic rings. The van der Waals surface area contributed by atoms with E-state index >= 15 is 0 Å². The Bertz CT molecular complexity index is 990. The van der Waals surface area contributed by atoms with Crippen LogP contribution < -0.4 is 5.73 Å². The molecule has 0 bridgehead atoms. The molecule has 154 valence electrons. The van der Waals surface area contributed by atoms with E-state index in [1.807, 2.05) is 32.0 Å². The summed E-state index contributed by atoms with van der Waals surface area (Å²) in [7, 11) is 0. The van der Waals surface area contributed by atoms with Crippen LogP contribution in [-0.2, 0) is 6.54 Å². The third-order valence-electron chi connectivity index (χ3n) is 5.63. The summed E-state index contributed by atoms with van der Waals surface area (Å²) < 4.78 is 29.0. The quantitative estimate of drug-likeness (QED) is 0.693. The summed E-state index contributed by atoms with van der Waals surface area (Å²) in [6.45, 7) is 6.22. The highest BCUT2D eigenvalue weighted by Gasteiger charge is 2.32. The zero-order valence-electron chi connectivity index (χ0n) is 16.5. The van der Waals surface area contributed by atoms with Crippen molar-refractivity contribution in [3.8, 4) is 5.69 Å². The lowest BCUT2D eigenvalue weighted by Gasteiger charge is -2.16. The van der Waals surface area contributed by atoms with E-state index in [1.165, 1.54) is 17.7 Å². The monoisotopic (exact) mass is 418 g/mol. The molecule has 2 N–H and O–H groups in total.